The summed E-state index contributed by atoms with van der Waals surface area (Å²) in [6.45, 7) is 1.03. The number of nitriles is 1. The van der Waals surface area contributed by atoms with Crippen LogP contribution in [-0.2, 0) is 9.59 Å². The second kappa shape index (κ2) is 10.1. The van der Waals surface area contributed by atoms with E-state index in [1.54, 1.807) is 12.1 Å². The molecule has 122 valence electrons. The van der Waals surface area contributed by atoms with Crippen molar-refractivity contribution in [3.8, 4) is 11.8 Å². The Hall–Kier alpha value is -2.72. The van der Waals surface area contributed by atoms with Crippen LogP contribution in [0.25, 0.3) is 0 Å². The van der Waals surface area contributed by atoms with E-state index < -0.39 is 5.91 Å². The number of nitrogens with zero attached hydrogens (tertiary/aromatic N) is 1. The first-order valence-electron chi connectivity index (χ1n) is 6.78. The highest BCUT2D eigenvalue weighted by molar-refractivity contribution is 6.31. The number of anilines is 1. The Morgan fingerprint density at radius 3 is 2.78 bits per heavy atom. The van der Waals surface area contributed by atoms with Crippen molar-refractivity contribution < 1.29 is 14.3 Å². The number of hydrogen-bond acceptors (Lipinski definition) is 5. The molecule has 0 heterocycles. The fourth-order valence-corrected chi connectivity index (χ4v) is 1.81. The molecule has 1 rings (SSSR count). The van der Waals surface area contributed by atoms with E-state index >= 15 is 0 Å². The monoisotopic (exact) mass is 336 g/mol. The molecule has 0 aliphatic rings. The number of carbonyl (C=O) groups excluding carboxylic acids is 2. The van der Waals surface area contributed by atoms with Crippen molar-refractivity contribution in [2.75, 3.05) is 25.5 Å². The van der Waals surface area contributed by atoms with E-state index in [-0.39, 0.29) is 5.57 Å². The summed E-state index contributed by atoms with van der Waals surface area (Å²) in [7, 11) is 1.47. The van der Waals surface area contributed by atoms with Gasteiger partial charge in [0, 0.05) is 24.3 Å². The number of hydrogen-bond donors (Lipinski definition) is 3. The molecule has 0 radical (unpaired) electrons. The van der Waals surface area contributed by atoms with Crippen LogP contribution in [0.4, 0.5) is 5.69 Å². The maximum absolute atomic E-state index is 12.1. The van der Waals surface area contributed by atoms with E-state index in [4.69, 9.17) is 21.6 Å². The third-order valence-electron chi connectivity index (χ3n) is 2.75. The van der Waals surface area contributed by atoms with E-state index in [0.717, 1.165) is 0 Å². The van der Waals surface area contributed by atoms with Crippen LogP contribution in [0.3, 0.4) is 0 Å². The van der Waals surface area contributed by atoms with Crippen LogP contribution in [0.5, 0.6) is 5.75 Å². The Labute approximate surface area is 139 Å². The van der Waals surface area contributed by atoms with E-state index in [2.05, 4.69) is 16.0 Å². The van der Waals surface area contributed by atoms with Gasteiger partial charge >= 0.3 is 0 Å². The third kappa shape index (κ3) is 6.28. The van der Waals surface area contributed by atoms with Crippen molar-refractivity contribution in [3.63, 3.8) is 0 Å². The molecule has 0 unspecified atom stereocenters. The van der Waals surface area contributed by atoms with E-state index in [9.17, 15) is 9.59 Å². The molecular weight excluding hydrogens is 320 g/mol. The fraction of sp³-hybridized carbons (Fsp3) is 0.267. The summed E-state index contributed by atoms with van der Waals surface area (Å²) in [5.41, 5.74) is 0.289. The highest BCUT2D eigenvalue weighted by atomic mass is 35.5. The fourth-order valence-electron chi connectivity index (χ4n) is 1.64. The average Bonchev–Trinajstić information content (AvgIpc) is 2.54. The first-order valence-corrected chi connectivity index (χ1v) is 7.15. The summed E-state index contributed by atoms with van der Waals surface area (Å²) in [5.74, 6) is -0.139. The van der Waals surface area contributed by atoms with Gasteiger partial charge in [0.15, 0.2) is 0 Å². The molecule has 1 aromatic carbocycles. The molecule has 0 aromatic heterocycles. The molecule has 0 saturated carbocycles. The molecule has 0 fully saturated rings. The van der Waals surface area contributed by atoms with Gasteiger partial charge < -0.3 is 20.7 Å². The first-order chi connectivity index (χ1) is 11.1. The highest BCUT2D eigenvalue weighted by Gasteiger charge is 2.12. The number of carbonyl (C=O) groups is 2. The van der Waals surface area contributed by atoms with Gasteiger partial charge in [0.25, 0.3) is 5.91 Å². The van der Waals surface area contributed by atoms with Gasteiger partial charge in [-0.05, 0) is 24.6 Å². The molecule has 0 bridgehead atoms. The second-order valence-corrected chi connectivity index (χ2v) is 4.78. The van der Waals surface area contributed by atoms with Crippen LogP contribution >= 0.6 is 11.6 Å². The van der Waals surface area contributed by atoms with Crippen LogP contribution in [0.2, 0.25) is 5.02 Å². The minimum Gasteiger partial charge on any atom is -0.495 e. The zero-order valence-corrected chi connectivity index (χ0v) is 13.3. The molecule has 0 aliphatic heterocycles. The number of halogens is 1. The van der Waals surface area contributed by atoms with Crippen molar-refractivity contribution >= 4 is 29.6 Å². The van der Waals surface area contributed by atoms with Gasteiger partial charge in [-0.15, -0.1) is 0 Å². The van der Waals surface area contributed by atoms with Gasteiger partial charge in [-0.1, -0.05) is 11.6 Å². The third-order valence-corrected chi connectivity index (χ3v) is 2.98. The van der Waals surface area contributed by atoms with Crippen molar-refractivity contribution in [3.05, 3.63) is 35.0 Å². The Balaban J connectivity index is 2.65. The summed E-state index contributed by atoms with van der Waals surface area (Å²) < 4.78 is 5.12. The average molecular weight is 337 g/mol. The summed E-state index contributed by atoms with van der Waals surface area (Å²) in [5, 5.41) is 17.4. The van der Waals surface area contributed by atoms with E-state index in [0.29, 0.717) is 42.4 Å². The lowest BCUT2D eigenvalue weighted by Gasteiger charge is -2.10. The van der Waals surface area contributed by atoms with Gasteiger partial charge in [-0.2, -0.15) is 5.26 Å². The summed E-state index contributed by atoms with van der Waals surface area (Å²) >= 11 is 5.89. The Bertz CT molecular complexity index is 626. The molecule has 8 heteroatoms. The summed E-state index contributed by atoms with van der Waals surface area (Å²) in [6, 6.07) is 6.60. The molecule has 7 nitrogen and oxygen atoms in total. The van der Waals surface area contributed by atoms with Crippen LogP contribution in [0.1, 0.15) is 6.42 Å². The number of nitrogens with one attached hydrogen (secondary N) is 3. The largest absolute Gasteiger partial charge is 0.495 e. The van der Waals surface area contributed by atoms with Gasteiger partial charge in [-0.25, -0.2) is 0 Å². The lowest BCUT2D eigenvalue weighted by atomic mass is 10.2. The number of rotatable bonds is 9. The van der Waals surface area contributed by atoms with E-state index in [1.165, 1.54) is 19.4 Å². The first kappa shape index (κ1) is 18.3. The van der Waals surface area contributed by atoms with Gasteiger partial charge in [0.05, 0.1) is 12.8 Å². The predicted octanol–water partition coefficient (Wildman–Crippen LogP) is 1.42. The Kier molecular flexibility index (Phi) is 8.03. The maximum Gasteiger partial charge on any atom is 0.267 e. The highest BCUT2D eigenvalue weighted by Crippen LogP contribution is 2.27. The number of benzene rings is 1. The Morgan fingerprint density at radius 2 is 2.13 bits per heavy atom. The topological polar surface area (TPSA) is 103 Å². The minimum absolute atomic E-state index is 0.0876. The van der Waals surface area contributed by atoms with Crippen molar-refractivity contribution in [1.82, 2.24) is 10.6 Å². The minimum atomic E-state index is -0.577. The molecule has 1 aromatic rings. The predicted molar refractivity (Wildman–Crippen MR) is 87.0 cm³/mol. The van der Waals surface area contributed by atoms with Crippen LogP contribution in [0.15, 0.2) is 30.0 Å². The van der Waals surface area contributed by atoms with Crippen molar-refractivity contribution in [1.29, 1.82) is 5.26 Å². The molecule has 23 heavy (non-hydrogen) atoms. The normalized spacial score (nSPS) is 10.4. The second-order valence-electron chi connectivity index (χ2n) is 4.35. The van der Waals surface area contributed by atoms with Crippen molar-refractivity contribution in [2.45, 2.75) is 6.42 Å². The van der Waals surface area contributed by atoms with Gasteiger partial charge in [0.1, 0.15) is 17.4 Å². The number of methoxy groups -OCH3 is 1. The zero-order valence-electron chi connectivity index (χ0n) is 12.6. The molecule has 0 aliphatic carbocycles. The lowest BCUT2D eigenvalue weighted by molar-refractivity contribution is -0.112. The lowest BCUT2D eigenvalue weighted by Crippen LogP contribution is -2.20. The molecule has 3 N–H and O–H groups in total. The molecular formula is C15H17ClN4O3. The van der Waals surface area contributed by atoms with Crippen LogP contribution in [0, 0.1) is 11.3 Å². The van der Waals surface area contributed by atoms with Crippen LogP contribution in [-0.4, -0.2) is 32.5 Å². The number of ether oxygens (including phenoxy) is 1. The molecule has 0 spiro atoms. The zero-order chi connectivity index (χ0) is 17.1. The van der Waals surface area contributed by atoms with Crippen molar-refractivity contribution in [2.24, 2.45) is 0 Å². The quantitative estimate of drug-likeness (QED) is 0.274. The standard InChI is InChI=1S/C15H17ClN4O3/c1-23-14-4-3-12(16)7-13(14)20-15(22)11(8-17)9-18-5-2-6-19-10-21/h3-4,7,9-10,18H,2,5-6H2,1H3,(H,19,21)(H,20,22)/b11-9-. The Morgan fingerprint density at radius 1 is 1.39 bits per heavy atom. The van der Waals surface area contributed by atoms with Crippen LogP contribution < -0.4 is 20.7 Å². The number of amides is 2. The SMILES string of the molecule is COc1ccc(Cl)cc1NC(=O)/C(C#N)=C\NCCCNC=O. The van der Waals surface area contributed by atoms with E-state index in [1.807, 2.05) is 6.07 Å². The maximum atomic E-state index is 12.1. The smallest absolute Gasteiger partial charge is 0.267 e. The molecule has 0 atom stereocenters. The van der Waals surface area contributed by atoms with Gasteiger partial charge in [-0.3, -0.25) is 9.59 Å². The summed E-state index contributed by atoms with van der Waals surface area (Å²) in [6.07, 6.45) is 2.60. The summed E-state index contributed by atoms with van der Waals surface area (Å²) in [4.78, 5) is 22.2. The van der Waals surface area contributed by atoms with Gasteiger partial charge in [0.2, 0.25) is 6.41 Å². The molecule has 2 amide bonds. The molecule has 0 saturated heterocycles.